The highest BCUT2D eigenvalue weighted by Gasteiger charge is 2.15. The molecule has 2 aromatic carbocycles. The van der Waals surface area contributed by atoms with E-state index in [0.29, 0.717) is 11.2 Å². The average Bonchev–Trinajstić information content (AvgIpc) is 3.33. The molecule has 154 valence electrons. The Morgan fingerprint density at radius 3 is 2.58 bits per heavy atom. The van der Waals surface area contributed by atoms with Crippen molar-refractivity contribution in [1.82, 2.24) is 23.8 Å². The third-order valence-electron chi connectivity index (χ3n) is 5.21. The van der Waals surface area contributed by atoms with Gasteiger partial charge in [0.05, 0.1) is 5.69 Å². The first-order valence-corrected chi connectivity index (χ1v) is 9.90. The van der Waals surface area contributed by atoms with Crippen LogP contribution in [0.15, 0.2) is 71.8 Å². The minimum atomic E-state index is -0.379. The molecule has 3 aromatic heterocycles. The number of rotatable bonds is 4. The zero-order valence-electron chi connectivity index (χ0n) is 17.1. The lowest BCUT2D eigenvalue weighted by atomic mass is 10.1. The van der Waals surface area contributed by atoms with Gasteiger partial charge in [-0.05, 0) is 31.5 Å². The average molecular weight is 412 g/mol. The van der Waals surface area contributed by atoms with E-state index in [-0.39, 0.29) is 18.1 Å². The number of benzene rings is 2. The molecule has 31 heavy (non-hydrogen) atoms. The van der Waals surface area contributed by atoms with Crippen LogP contribution in [0.5, 0.6) is 0 Å². The molecule has 0 aliphatic carbocycles. The fourth-order valence-electron chi connectivity index (χ4n) is 3.67. The lowest BCUT2D eigenvalue weighted by Crippen LogP contribution is -2.28. The number of anilines is 1. The van der Waals surface area contributed by atoms with Crippen molar-refractivity contribution < 1.29 is 4.79 Å². The Bertz CT molecular complexity index is 1490. The number of nitrogens with zero attached hydrogens (tertiary/aromatic N) is 5. The van der Waals surface area contributed by atoms with E-state index >= 15 is 0 Å². The molecule has 0 unspecified atom stereocenters. The number of hydrogen-bond acceptors (Lipinski definition) is 4. The Labute approximate surface area is 177 Å². The molecule has 0 spiro atoms. The summed E-state index contributed by atoms with van der Waals surface area (Å²) in [4.78, 5) is 25.4. The molecule has 0 aliphatic heterocycles. The minimum Gasteiger partial charge on any atom is -0.324 e. The summed E-state index contributed by atoms with van der Waals surface area (Å²) in [6, 6.07) is 17.5. The summed E-state index contributed by atoms with van der Waals surface area (Å²) >= 11 is 0. The summed E-state index contributed by atoms with van der Waals surface area (Å²) in [7, 11) is 0. The van der Waals surface area contributed by atoms with Crippen molar-refractivity contribution in [1.29, 1.82) is 0 Å². The maximum absolute atomic E-state index is 12.8. The number of carbonyl (C=O) groups excluding carboxylic acids is 1. The van der Waals surface area contributed by atoms with Crippen molar-refractivity contribution >= 4 is 22.8 Å². The lowest BCUT2D eigenvalue weighted by molar-refractivity contribution is -0.117. The van der Waals surface area contributed by atoms with Crippen molar-refractivity contribution in [3.63, 3.8) is 0 Å². The molecule has 3 heterocycles. The van der Waals surface area contributed by atoms with Crippen LogP contribution in [0.3, 0.4) is 0 Å². The van der Waals surface area contributed by atoms with Gasteiger partial charge in [-0.1, -0.05) is 48.0 Å². The predicted octanol–water partition coefficient (Wildman–Crippen LogP) is 3.07. The highest BCUT2D eigenvalue weighted by molar-refractivity contribution is 5.91. The van der Waals surface area contributed by atoms with Gasteiger partial charge in [-0.3, -0.25) is 4.79 Å². The van der Waals surface area contributed by atoms with Crippen LogP contribution in [-0.4, -0.2) is 29.7 Å². The second-order valence-corrected chi connectivity index (χ2v) is 7.52. The number of amides is 1. The maximum Gasteiger partial charge on any atom is 0.350 e. The Hall–Kier alpha value is -4.20. The van der Waals surface area contributed by atoms with Crippen LogP contribution in [0.25, 0.3) is 22.4 Å². The van der Waals surface area contributed by atoms with Gasteiger partial charge in [-0.15, -0.1) is 5.10 Å². The van der Waals surface area contributed by atoms with E-state index in [2.05, 4.69) is 15.5 Å². The molecule has 1 amide bonds. The molecule has 0 aliphatic rings. The van der Waals surface area contributed by atoms with Crippen molar-refractivity contribution in [2.45, 2.75) is 20.4 Å². The van der Waals surface area contributed by atoms with E-state index in [4.69, 9.17) is 0 Å². The van der Waals surface area contributed by atoms with E-state index in [1.165, 1.54) is 9.08 Å². The standard InChI is InChI=1S/C23H20N6O2/c1-15-8-9-18(16(2)12-15)24-21(30)14-29-23(31)27-10-11-28-20(22(27)26-29)13-19(25-28)17-6-4-3-5-7-17/h3-13H,14H2,1-2H3,(H,24,30). The molecule has 8 nitrogen and oxygen atoms in total. The molecule has 5 rings (SSSR count). The van der Waals surface area contributed by atoms with Gasteiger partial charge >= 0.3 is 5.69 Å². The first-order chi connectivity index (χ1) is 15.0. The minimum absolute atomic E-state index is 0.181. The van der Waals surface area contributed by atoms with Crippen LogP contribution in [0.2, 0.25) is 0 Å². The Kier molecular flexibility index (Phi) is 4.39. The SMILES string of the molecule is Cc1ccc(NC(=O)Cn2nc3c4cc(-c5ccccc5)nn4ccn3c2=O)c(C)c1. The molecule has 0 atom stereocenters. The van der Waals surface area contributed by atoms with Crippen molar-refractivity contribution in [3.8, 4) is 11.3 Å². The fraction of sp³-hybridized carbons (Fsp3) is 0.130. The van der Waals surface area contributed by atoms with Gasteiger partial charge in [0, 0.05) is 23.6 Å². The van der Waals surface area contributed by atoms with Gasteiger partial charge in [0.1, 0.15) is 12.1 Å². The number of aryl methyl sites for hydroxylation is 2. The summed E-state index contributed by atoms with van der Waals surface area (Å²) < 4.78 is 4.28. The monoisotopic (exact) mass is 412 g/mol. The van der Waals surface area contributed by atoms with E-state index in [1.807, 2.05) is 68.4 Å². The smallest absolute Gasteiger partial charge is 0.324 e. The molecular weight excluding hydrogens is 392 g/mol. The van der Waals surface area contributed by atoms with E-state index in [0.717, 1.165) is 28.1 Å². The molecule has 0 radical (unpaired) electrons. The summed E-state index contributed by atoms with van der Waals surface area (Å²) in [5, 5.41) is 11.8. The van der Waals surface area contributed by atoms with Crippen molar-refractivity contribution in [2.75, 3.05) is 5.32 Å². The van der Waals surface area contributed by atoms with Crippen LogP contribution >= 0.6 is 0 Å². The van der Waals surface area contributed by atoms with Gasteiger partial charge < -0.3 is 5.32 Å². The van der Waals surface area contributed by atoms with Gasteiger partial charge in [0.15, 0.2) is 5.65 Å². The second-order valence-electron chi connectivity index (χ2n) is 7.52. The van der Waals surface area contributed by atoms with Gasteiger partial charge in [-0.2, -0.15) is 5.10 Å². The zero-order valence-corrected chi connectivity index (χ0v) is 17.1. The van der Waals surface area contributed by atoms with Crippen molar-refractivity contribution in [3.05, 3.63) is 88.6 Å². The molecule has 0 bridgehead atoms. The summed E-state index contributed by atoms with van der Waals surface area (Å²) in [6.07, 6.45) is 3.32. The van der Waals surface area contributed by atoms with Crippen LogP contribution in [0.4, 0.5) is 5.69 Å². The number of nitrogens with one attached hydrogen (secondary N) is 1. The molecule has 1 N–H and O–H groups in total. The largest absolute Gasteiger partial charge is 0.350 e. The van der Waals surface area contributed by atoms with Gasteiger partial charge in [0.25, 0.3) is 0 Å². The van der Waals surface area contributed by atoms with E-state index < -0.39 is 0 Å². The quantitative estimate of drug-likeness (QED) is 0.492. The second kappa shape index (κ2) is 7.24. The highest BCUT2D eigenvalue weighted by Crippen LogP contribution is 2.21. The number of aromatic nitrogens is 5. The Balaban J connectivity index is 1.49. The maximum atomic E-state index is 12.8. The Morgan fingerprint density at radius 2 is 1.81 bits per heavy atom. The first-order valence-electron chi connectivity index (χ1n) is 9.90. The Morgan fingerprint density at radius 1 is 1.00 bits per heavy atom. The number of fused-ring (bicyclic) bond motifs is 3. The highest BCUT2D eigenvalue weighted by atomic mass is 16.2. The van der Waals surface area contributed by atoms with Crippen molar-refractivity contribution in [2.24, 2.45) is 0 Å². The topological polar surface area (TPSA) is 85.7 Å². The third-order valence-corrected chi connectivity index (χ3v) is 5.21. The van der Waals surface area contributed by atoms with Crippen LogP contribution in [0.1, 0.15) is 11.1 Å². The van der Waals surface area contributed by atoms with Gasteiger partial charge in [0.2, 0.25) is 5.91 Å². The molecule has 0 fully saturated rings. The van der Waals surface area contributed by atoms with Gasteiger partial charge in [-0.25, -0.2) is 18.4 Å². The summed E-state index contributed by atoms with van der Waals surface area (Å²) in [5.41, 5.74) is 5.31. The number of carbonyl (C=O) groups is 1. The predicted molar refractivity (Wildman–Crippen MR) is 118 cm³/mol. The molecule has 5 aromatic rings. The van der Waals surface area contributed by atoms with Crippen LogP contribution in [-0.2, 0) is 11.3 Å². The molecular formula is C23H20N6O2. The lowest BCUT2D eigenvalue weighted by Gasteiger charge is -2.08. The van der Waals surface area contributed by atoms with E-state index in [1.54, 1.807) is 16.9 Å². The summed E-state index contributed by atoms with van der Waals surface area (Å²) in [6.45, 7) is 3.75. The zero-order chi connectivity index (χ0) is 21.5. The summed E-state index contributed by atoms with van der Waals surface area (Å²) in [5.74, 6) is -0.313. The fourth-order valence-corrected chi connectivity index (χ4v) is 3.67. The van der Waals surface area contributed by atoms with Crippen LogP contribution < -0.4 is 11.0 Å². The molecule has 0 saturated heterocycles. The normalized spacial score (nSPS) is 11.3. The van der Waals surface area contributed by atoms with Crippen LogP contribution in [0, 0.1) is 13.8 Å². The molecule has 0 saturated carbocycles. The van der Waals surface area contributed by atoms with E-state index in [9.17, 15) is 9.59 Å². The molecule has 8 heteroatoms. The third kappa shape index (κ3) is 3.38. The number of hydrogen-bond donors (Lipinski definition) is 1. The first kappa shape index (κ1) is 18.8.